The second-order valence-corrected chi connectivity index (χ2v) is 5.76. The molecule has 2 aromatic carbocycles. The largest absolute Gasteiger partial charge is 0.484 e. The standard InChI is InChI=1S/C17H17BrN2O2/c1-12-4-3-5-14(8-12)10-19-20-17(21)11-22-15-6-7-16(18)13(2)9-15/h3-10H,11H2,1-2H3,(H,20,21)/b19-10+. The van der Waals surface area contributed by atoms with E-state index in [-0.39, 0.29) is 12.5 Å². The van der Waals surface area contributed by atoms with Crippen molar-refractivity contribution in [3.63, 3.8) is 0 Å². The van der Waals surface area contributed by atoms with Gasteiger partial charge in [-0.15, -0.1) is 0 Å². The summed E-state index contributed by atoms with van der Waals surface area (Å²) < 4.78 is 6.43. The number of carbonyl (C=O) groups excluding carboxylic acids is 1. The van der Waals surface area contributed by atoms with E-state index in [4.69, 9.17) is 4.74 Å². The predicted octanol–water partition coefficient (Wildman–Crippen LogP) is 3.60. The molecule has 2 aromatic rings. The Morgan fingerprint density at radius 3 is 2.82 bits per heavy atom. The first kappa shape index (κ1) is 16.2. The summed E-state index contributed by atoms with van der Waals surface area (Å²) in [7, 11) is 0. The number of carbonyl (C=O) groups is 1. The van der Waals surface area contributed by atoms with Crippen LogP contribution >= 0.6 is 15.9 Å². The average molecular weight is 361 g/mol. The normalized spacial score (nSPS) is 10.7. The van der Waals surface area contributed by atoms with Gasteiger partial charge >= 0.3 is 0 Å². The lowest BCUT2D eigenvalue weighted by Crippen LogP contribution is -2.24. The van der Waals surface area contributed by atoms with E-state index in [1.165, 1.54) is 0 Å². The maximum atomic E-state index is 11.7. The zero-order chi connectivity index (χ0) is 15.9. The smallest absolute Gasteiger partial charge is 0.277 e. The summed E-state index contributed by atoms with van der Waals surface area (Å²) in [5.41, 5.74) is 5.57. The first-order chi connectivity index (χ1) is 10.5. The number of hydrogen-bond donors (Lipinski definition) is 1. The molecule has 0 aromatic heterocycles. The summed E-state index contributed by atoms with van der Waals surface area (Å²) in [4.78, 5) is 11.7. The maximum absolute atomic E-state index is 11.7. The van der Waals surface area contributed by atoms with Gasteiger partial charge in [-0.25, -0.2) is 5.43 Å². The Hall–Kier alpha value is -2.14. The molecule has 22 heavy (non-hydrogen) atoms. The van der Waals surface area contributed by atoms with Crippen molar-refractivity contribution in [1.29, 1.82) is 0 Å². The van der Waals surface area contributed by atoms with Gasteiger partial charge in [0, 0.05) is 4.47 Å². The second-order valence-electron chi connectivity index (χ2n) is 4.91. The summed E-state index contributed by atoms with van der Waals surface area (Å²) >= 11 is 3.42. The van der Waals surface area contributed by atoms with Gasteiger partial charge in [0.05, 0.1) is 6.21 Å². The Bertz CT molecular complexity index is 699. The zero-order valence-corrected chi connectivity index (χ0v) is 14.1. The van der Waals surface area contributed by atoms with Crippen LogP contribution in [0.5, 0.6) is 5.75 Å². The molecule has 0 bridgehead atoms. The van der Waals surface area contributed by atoms with Gasteiger partial charge in [-0.1, -0.05) is 45.8 Å². The Labute approximate surface area is 138 Å². The number of nitrogens with zero attached hydrogens (tertiary/aromatic N) is 1. The molecule has 0 aliphatic rings. The Kier molecular flexibility index (Phi) is 5.72. The summed E-state index contributed by atoms with van der Waals surface area (Å²) in [5, 5.41) is 3.91. The molecule has 0 aliphatic heterocycles. The number of halogens is 1. The Balaban J connectivity index is 1.81. The average Bonchev–Trinajstić information content (AvgIpc) is 2.48. The van der Waals surface area contributed by atoms with E-state index in [2.05, 4.69) is 26.5 Å². The van der Waals surface area contributed by atoms with Crippen LogP contribution in [0.25, 0.3) is 0 Å². The molecule has 4 nitrogen and oxygen atoms in total. The third-order valence-electron chi connectivity index (χ3n) is 2.94. The lowest BCUT2D eigenvalue weighted by Gasteiger charge is -2.06. The summed E-state index contributed by atoms with van der Waals surface area (Å²) in [6, 6.07) is 13.4. The van der Waals surface area contributed by atoms with Crippen molar-refractivity contribution < 1.29 is 9.53 Å². The van der Waals surface area contributed by atoms with E-state index >= 15 is 0 Å². The van der Waals surface area contributed by atoms with Crippen molar-refractivity contribution in [3.05, 3.63) is 63.6 Å². The van der Waals surface area contributed by atoms with Gasteiger partial charge in [0.25, 0.3) is 5.91 Å². The Morgan fingerprint density at radius 2 is 2.09 bits per heavy atom. The van der Waals surface area contributed by atoms with E-state index in [1.807, 2.05) is 50.2 Å². The van der Waals surface area contributed by atoms with Crippen LogP contribution in [0.15, 0.2) is 52.0 Å². The number of hydrazone groups is 1. The van der Waals surface area contributed by atoms with Crippen LogP contribution in [0.1, 0.15) is 16.7 Å². The number of hydrogen-bond acceptors (Lipinski definition) is 3. The highest BCUT2D eigenvalue weighted by atomic mass is 79.9. The van der Waals surface area contributed by atoms with Crippen molar-refractivity contribution >= 4 is 28.1 Å². The van der Waals surface area contributed by atoms with Crippen molar-refractivity contribution in [2.45, 2.75) is 13.8 Å². The molecule has 0 saturated carbocycles. The van der Waals surface area contributed by atoms with E-state index in [0.717, 1.165) is 21.2 Å². The highest BCUT2D eigenvalue weighted by molar-refractivity contribution is 9.10. The topological polar surface area (TPSA) is 50.7 Å². The van der Waals surface area contributed by atoms with Gasteiger partial charge in [-0.2, -0.15) is 5.10 Å². The van der Waals surface area contributed by atoms with Crippen LogP contribution in [-0.4, -0.2) is 18.7 Å². The predicted molar refractivity (Wildman–Crippen MR) is 91.3 cm³/mol. The third-order valence-corrected chi connectivity index (χ3v) is 3.83. The molecule has 2 rings (SSSR count). The van der Waals surface area contributed by atoms with Gasteiger partial charge in [0.1, 0.15) is 5.75 Å². The molecule has 114 valence electrons. The monoisotopic (exact) mass is 360 g/mol. The zero-order valence-electron chi connectivity index (χ0n) is 12.5. The van der Waals surface area contributed by atoms with Crippen LogP contribution in [0, 0.1) is 13.8 Å². The van der Waals surface area contributed by atoms with E-state index in [1.54, 1.807) is 12.3 Å². The molecule has 0 atom stereocenters. The molecule has 0 heterocycles. The summed E-state index contributed by atoms with van der Waals surface area (Å²) in [6.45, 7) is 3.89. The first-order valence-electron chi connectivity index (χ1n) is 6.82. The fourth-order valence-electron chi connectivity index (χ4n) is 1.82. The summed E-state index contributed by atoms with van der Waals surface area (Å²) in [5.74, 6) is 0.350. The van der Waals surface area contributed by atoms with Crippen molar-refractivity contribution in [2.75, 3.05) is 6.61 Å². The number of nitrogens with one attached hydrogen (secondary N) is 1. The van der Waals surface area contributed by atoms with Crippen molar-refractivity contribution in [1.82, 2.24) is 5.43 Å². The highest BCUT2D eigenvalue weighted by Gasteiger charge is 2.03. The quantitative estimate of drug-likeness (QED) is 0.654. The SMILES string of the molecule is Cc1cccc(/C=N/NC(=O)COc2ccc(Br)c(C)c2)c1. The van der Waals surface area contributed by atoms with Crippen molar-refractivity contribution in [2.24, 2.45) is 5.10 Å². The third kappa shape index (κ3) is 5.00. The fraction of sp³-hybridized carbons (Fsp3) is 0.176. The molecule has 0 spiro atoms. The van der Waals surface area contributed by atoms with Crippen LogP contribution in [0.4, 0.5) is 0 Å². The van der Waals surface area contributed by atoms with E-state index in [9.17, 15) is 4.79 Å². The molecule has 0 aliphatic carbocycles. The van der Waals surface area contributed by atoms with Crippen molar-refractivity contribution in [3.8, 4) is 5.75 Å². The van der Waals surface area contributed by atoms with Crippen LogP contribution in [0.3, 0.4) is 0 Å². The first-order valence-corrected chi connectivity index (χ1v) is 7.61. The molecule has 1 amide bonds. The summed E-state index contributed by atoms with van der Waals surface area (Å²) in [6.07, 6.45) is 1.61. The fourth-order valence-corrected chi connectivity index (χ4v) is 2.06. The molecule has 0 saturated heterocycles. The lowest BCUT2D eigenvalue weighted by molar-refractivity contribution is -0.123. The van der Waals surface area contributed by atoms with Gasteiger partial charge in [0.15, 0.2) is 6.61 Å². The second kappa shape index (κ2) is 7.75. The van der Waals surface area contributed by atoms with E-state index in [0.29, 0.717) is 5.75 Å². The molecule has 5 heteroatoms. The molecule has 0 radical (unpaired) electrons. The number of amides is 1. The number of aryl methyl sites for hydroxylation is 2. The van der Waals surface area contributed by atoms with Gasteiger partial charge in [-0.05, 0) is 43.2 Å². The van der Waals surface area contributed by atoms with Crippen LogP contribution < -0.4 is 10.2 Å². The molecule has 0 fully saturated rings. The molecular weight excluding hydrogens is 344 g/mol. The number of rotatable bonds is 5. The van der Waals surface area contributed by atoms with Gasteiger partial charge in [0.2, 0.25) is 0 Å². The van der Waals surface area contributed by atoms with E-state index < -0.39 is 0 Å². The van der Waals surface area contributed by atoms with Crippen LogP contribution in [0.2, 0.25) is 0 Å². The molecular formula is C17H17BrN2O2. The minimum absolute atomic E-state index is 0.0772. The minimum atomic E-state index is -0.301. The number of benzene rings is 2. The molecule has 0 unspecified atom stereocenters. The Morgan fingerprint density at radius 1 is 1.27 bits per heavy atom. The molecule has 1 N–H and O–H groups in total. The lowest BCUT2D eigenvalue weighted by atomic mass is 10.2. The minimum Gasteiger partial charge on any atom is -0.484 e. The van der Waals surface area contributed by atoms with Gasteiger partial charge < -0.3 is 4.74 Å². The van der Waals surface area contributed by atoms with Gasteiger partial charge in [-0.3, -0.25) is 4.79 Å². The maximum Gasteiger partial charge on any atom is 0.277 e. The highest BCUT2D eigenvalue weighted by Crippen LogP contribution is 2.21. The van der Waals surface area contributed by atoms with Crippen LogP contribution in [-0.2, 0) is 4.79 Å². The number of ether oxygens (including phenoxy) is 1.